The maximum Gasteiger partial charge on any atom is 0.123 e. The molecule has 2 N–H and O–H groups in total. The van der Waals surface area contributed by atoms with Gasteiger partial charge in [0.2, 0.25) is 0 Å². The molecule has 15 heavy (non-hydrogen) atoms. The van der Waals surface area contributed by atoms with Crippen LogP contribution in [0.15, 0.2) is 24.3 Å². The van der Waals surface area contributed by atoms with Crippen molar-refractivity contribution in [3.63, 3.8) is 0 Å². The summed E-state index contributed by atoms with van der Waals surface area (Å²) in [5, 5.41) is 0. The molecule has 1 aromatic rings. The maximum atomic E-state index is 5.73. The Labute approximate surface area is 91.2 Å². The van der Waals surface area contributed by atoms with Gasteiger partial charge in [-0.1, -0.05) is 6.07 Å². The topological polar surface area (TPSA) is 44.5 Å². The van der Waals surface area contributed by atoms with Crippen LogP contribution in [0.4, 0.5) is 0 Å². The van der Waals surface area contributed by atoms with Crippen molar-refractivity contribution in [3.8, 4) is 11.5 Å². The summed E-state index contributed by atoms with van der Waals surface area (Å²) < 4.78 is 11.1. The molecule has 0 atom stereocenters. The molecular weight excluding hydrogens is 190 g/mol. The van der Waals surface area contributed by atoms with Crippen molar-refractivity contribution in [1.82, 2.24) is 0 Å². The van der Waals surface area contributed by atoms with Crippen molar-refractivity contribution in [2.24, 2.45) is 5.73 Å². The van der Waals surface area contributed by atoms with Gasteiger partial charge in [-0.3, -0.25) is 0 Å². The highest BCUT2D eigenvalue weighted by Gasteiger charge is 2.17. The number of nitrogens with two attached hydrogens (primary N) is 1. The van der Waals surface area contributed by atoms with Crippen LogP contribution in [-0.4, -0.2) is 18.8 Å². The summed E-state index contributed by atoms with van der Waals surface area (Å²) in [5.74, 6) is 1.61. The molecule has 0 aliphatic heterocycles. The molecule has 0 saturated carbocycles. The average molecular weight is 209 g/mol. The van der Waals surface area contributed by atoms with E-state index in [9.17, 15) is 0 Å². The van der Waals surface area contributed by atoms with Crippen molar-refractivity contribution >= 4 is 0 Å². The van der Waals surface area contributed by atoms with Crippen molar-refractivity contribution < 1.29 is 9.47 Å². The van der Waals surface area contributed by atoms with Gasteiger partial charge in [0.15, 0.2) is 0 Å². The minimum atomic E-state index is -0.342. The monoisotopic (exact) mass is 209 g/mol. The predicted octanol–water partition coefficient (Wildman–Crippen LogP) is 2.20. The highest BCUT2D eigenvalue weighted by Crippen LogP contribution is 2.22. The zero-order valence-electron chi connectivity index (χ0n) is 9.62. The van der Waals surface area contributed by atoms with Crippen LogP contribution < -0.4 is 15.2 Å². The SMILES string of the molecule is CCOc1cccc(OC(C)(C)CN)c1. The molecule has 0 aliphatic carbocycles. The van der Waals surface area contributed by atoms with Crippen LogP contribution in [0.5, 0.6) is 11.5 Å². The fraction of sp³-hybridized carbons (Fsp3) is 0.500. The lowest BCUT2D eigenvalue weighted by atomic mass is 10.1. The largest absolute Gasteiger partial charge is 0.494 e. The molecule has 1 rings (SSSR count). The van der Waals surface area contributed by atoms with Crippen molar-refractivity contribution in [1.29, 1.82) is 0 Å². The maximum absolute atomic E-state index is 5.73. The molecule has 0 aliphatic rings. The van der Waals surface area contributed by atoms with E-state index in [1.165, 1.54) is 0 Å². The average Bonchev–Trinajstić information content (AvgIpc) is 2.18. The van der Waals surface area contributed by atoms with E-state index in [-0.39, 0.29) is 5.60 Å². The first-order chi connectivity index (χ1) is 7.07. The Morgan fingerprint density at radius 1 is 1.27 bits per heavy atom. The molecule has 1 aromatic carbocycles. The van der Waals surface area contributed by atoms with Gasteiger partial charge in [0.25, 0.3) is 0 Å². The molecule has 0 amide bonds. The van der Waals surface area contributed by atoms with E-state index in [0.29, 0.717) is 13.2 Å². The van der Waals surface area contributed by atoms with E-state index in [1.807, 2.05) is 45.0 Å². The minimum absolute atomic E-state index is 0.342. The van der Waals surface area contributed by atoms with Gasteiger partial charge in [-0.15, -0.1) is 0 Å². The Kier molecular flexibility index (Phi) is 3.97. The van der Waals surface area contributed by atoms with Gasteiger partial charge < -0.3 is 15.2 Å². The summed E-state index contributed by atoms with van der Waals surface area (Å²) in [6, 6.07) is 7.60. The molecule has 0 radical (unpaired) electrons. The second-order valence-corrected chi connectivity index (χ2v) is 3.97. The summed E-state index contributed by atoms with van der Waals surface area (Å²) in [4.78, 5) is 0. The standard InChI is InChI=1S/C12H19NO2/c1-4-14-10-6-5-7-11(8-10)15-12(2,3)9-13/h5-8H,4,9,13H2,1-3H3. The van der Waals surface area contributed by atoms with Gasteiger partial charge in [-0.25, -0.2) is 0 Å². The Balaban J connectivity index is 2.73. The van der Waals surface area contributed by atoms with Gasteiger partial charge >= 0.3 is 0 Å². The molecular formula is C12H19NO2. The van der Waals surface area contributed by atoms with Crippen LogP contribution in [0.2, 0.25) is 0 Å². The fourth-order valence-corrected chi connectivity index (χ4v) is 1.15. The Hall–Kier alpha value is -1.22. The van der Waals surface area contributed by atoms with Crippen LogP contribution in [0.3, 0.4) is 0 Å². The van der Waals surface area contributed by atoms with Crippen molar-refractivity contribution in [3.05, 3.63) is 24.3 Å². The van der Waals surface area contributed by atoms with E-state index in [1.54, 1.807) is 0 Å². The summed E-state index contributed by atoms with van der Waals surface area (Å²) in [5.41, 5.74) is 5.25. The lowest BCUT2D eigenvalue weighted by molar-refractivity contribution is 0.118. The molecule has 0 heterocycles. The number of hydrogen-bond acceptors (Lipinski definition) is 3. The molecule has 3 heteroatoms. The van der Waals surface area contributed by atoms with Gasteiger partial charge in [0, 0.05) is 12.6 Å². The van der Waals surface area contributed by atoms with Crippen LogP contribution >= 0.6 is 0 Å². The molecule has 3 nitrogen and oxygen atoms in total. The summed E-state index contributed by atoms with van der Waals surface area (Å²) in [6.45, 7) is 7.01. The van der Waals surface area contributed by atoms with Crippen LogP contribution in [0.25, 0.3) is 0 Å². The van der Waals surface area contributed by atoms with E-state index < -0.39 is 0 Å². The second-order valence-electron chi connectivity index (χ2n) is 3.97. The molecule has 84 valence electrons. The number of benzene rings is 1. The van der Waals surface area contributed by atoms with E-state index >= 15 is 0 Å². The van der Waals surface area contributed by atoms with Gasteiger partial charge in [0.1, 0.15) is 17.1 Å². The summed E-state index contributed by atoms with van der Waals surface area (Å²) >= 11 is 0. The lowest BCUT2D eigenvalue weighted by Crippen LogP contribution is -2.37. The molecule has 0 fully saturated rings. The quantitative estimate of drug-likeness (QED) is 0.808. The fourth-order valence-electron chi connectivity index (χ4n) is 1.15. The first-order valence-corrected chi connectivity index (χ1v) is 5.19. The smallest absolute Gasteiger partial charge is 0.123 e. The third-order valence-corrected chi connectivity index (χ3v) is 2.00. The second kappa shape index (κ2) is 5.03. The Morgan fingerprint density at radius 2 is 1.93 bits per heavy atom. The van der Waals surface area contributed by atoms with E-state index in [0.717, 1.165) is 11.5 Å². The zero-order valence-corrected chi connectivity index (χ0v) is 9.62. The first-order valence-electron chi connectivity index (χ1n) is 5.19. The number of rotatable bonds is 5. The van der Waals surface area contributed by atoms with Crippen LogP contribution in [0.1, 0.15) is 20.8 Å². The lowest BCUT2D eigenvalue weighted by Gasteiger charge is -2.24. The number of ether oxygens (including phenoxy) is 2. The van der Waals surface area contributed by atoms with E-state index in [4.69, 9.17) is 15.2 Å². The molecule has 0 saturated heterocycles. The summed E-state index contributed by atoms with van der Waals surface area (Å²) in [7, 11) is 0. The minimum Gasteiger partial charge on any atom is -0.494 e. The third-order valence-electron chi connectivity index (χ3n) is 2.00. The van der Waals surface area contributed by atoms with Gasteiger partial charge in [0.05, 0.1) is 6.61 Å². The summed E-state index contributed by atoms with van der Waals surface area (Å²) in [6.07, 6.45) is 0. The van der Waals surface area contributed by atoms with Gasteiger partial charge in [-0.2, -0.15) is 0 Å². The number of hydrogen-bond donors (Lipinski definition) is 1. The highest BCUT2D eigenvalue weighted by atomic mass is 16.5. The van der Waals surface area contributed by atoms with Crippen molar-refractivity contribution in [2.45, 2.75) is 26.4 Å². The zero-order chi connectivity index (χ0) is 11.3. The molecule has 0 spiro atoms. The van der Waals surface area contributed by atoms with Crippen LogP contribution in [0, 0.1) is 0 Å². The Morgan fingerprint density at radius 3 is 2.53 bits per heavy atom. The third kappa shape index (κ3) is 3.80. The highest BCUT2D eigenvalue weighted by molar-refractivity contribution is 5.33. The van der Waals surface area contributed by atoms with Gasteiger partial charge in [-0.05, 0) is 32.9 Å². The van der Waals surface area contributed by atoms with Crippen LogP contribution in [-0.2, 0) is 0 Å². The normalized spacial score (nSPS) is 11.2. The first kappa shape index (κ1) is 11.9. The molecule has 0 aromatic heterocycles. The molecule has 0 unspecified atom stereocenters. The van der Waals surface area contributed by atoms with Crippen molar-refractivity contribution in [2.75, 3.05) is 13.2 Å². The Bertz CT molecular complexity index is 310. The molecule has 0 bridgehead atoms. The predicted molar refractivity (Wildman–Crippen MR) is 61.4 cm³/mol. The van der Waals surface area contributed by atoms with E-state index in [2.05, 4.69) is 0 Å².